The summed E-state index contributed by atoms with van der Waals surface area (Å²) >= 11 is 0. The fourth-order valence-corrected chi connectivity index (χ4v) is 6.76. The predicted octanol–water partition coefficient (Wildman–Crippen LogP) is 5.77. The largest absolute Gasteiger partial charge is 0.280 e. The van der Waals surface area contributed by atoms with Gasteiger partial charge in [-0.3, -0.25) is 5.10 Å². The number of aromatic nitrogens is 2. The van der Waals surface area contributed by atoms with Crippen molar-refractivity contribution in [1.82, 2.24) is 10.2 Å². The number of H-pyrrole nitrogens is 1. The molecule has 0 radical (unpaired) electrons. The fourth-order valence-electron chi connectivity index (χ4n) is 5.08. The fraction of sp³-hybridized carbons (Fsp3) is 0.207. The van der Waals surface area contributed by atoms with E-state index >= 15 is 0 Å². The first-order valence-corrected chi connectivity index (χ1v) is 13.5. The van der Waals surface area contributed by atoms with Crippen molar-refractivity contribution >= 4 is 21.9 Å². The van der Waals surface area contributed by atoms with Gasteiger partial charge >= 0.3 is 0 Å². The SMILES string of the molecule is Cc1ccc(S(=O)(=O)N(c2n[nH]c3c2C=CC(c2ccccc2)(c2ccc(F)cc2)C3)C2CC2)cc1. The molecule has 2 aliphatic carbocycles. The van der Waals surface area contributed by atoms with E-state index in [2.05, 4.69) is 28.4 Å². The molecule has 1 fully saturated rings. The average molecular weight is 500 g/mol. The molecular weight excluding hydrogens is 473 g/mol. The number of hydrogen-bond acceptors (Lipinski definition) is 3. The van der Waals surface area contributed by atoms with Gasteiger partial charge in [0.1, 0.15) is 5.82 Å². The van der Waals surface area contributed by atoms with Crippen molar-refractivity contribution in [2.75, 3.05) is 4.31 Å². The highest BCUT2D eigenvalue weighted by Crippen LogP contribution is 2.45. The lowest BCUT2D eigenvalue weighted by Crippen LogP contribution is -2.34. The summed E-state index contributed by atoms with van der Waals surface area (Å²) in [6.45, 7) is 1.93. The second-order valence-corrected chi connectivity index (χ2v) is 11.5. The molecule has 1 unspecified atom stereocenters. The molecule has 5 nitrogen and oxygen atoms in total. The summed E-state index contributed by atoms with van der Waals surface area (Å²) in [4.78, 5) is 0.265. The Morgan fingerprint density at radius 3 is 2.28 bits per heavy atom. The summed E-state index contributed by atoms with van der Waals surface area (Å²) in [5.74, 6) is 0.151. The first-order chi connectivity index (χ1) is 17.4. The van der Waals surface area contributed by atoms with Gasteiger partial charge in [0.15, 0.2) is 5.82 Å². The standard InChI is InChI=1S/C29H26FN3O2S/c1-20-7-15-25(16-8-20)36(34,35)33(24-13-14-24)28-26-17-18-29(19-27(26)31-32-28,21-5-3-2-4-6-21)22-9-11-23(30)12-10-22/h2-12,15-18,24H,13-14,19H2,1H3,(H,31,32). The number of halogens is 1. The lowest BCUT2D eigenvalue weighted by molar-refractivity contribution is 0.589. The van der Waals surface area contributed by atoms with Crippen LogP contribution in [0.3, 0.4) is 0 Å². The number of nitrogens with zero attached hydrogens (tertiary/aromatic N) is 2. The number of sulfonamides is 1. The van der Waals surface area contributed by atoms with Crippen LogP contribution in [0.5, 0.6) is 0 Å². The number of hydrogen-bond donors (Lipinski definition) is 1. The monoisotopic (exact) mass is 499 g/mol. The zero-order chi connectivity index (χ0) is 24.9. The lowest BCUT2D eigenvalue weighted by Gasteiger charge is -2.34. The van der Waals surface area contributed by atoms with Gasteiger partial charge in [-0.1, -0.05) is 72.3 Å². The highest BCUT2D eigenvalue weighted by atomic mass is 32.2. The maximum absolute atomic E-state index is 13.8. The van der Waals surface area contributed by atoms with Crippen molar-refractivity contribution in [2.45, 2.75) is 42.5 Å². The smallest absolute Gasteiger partial charge is 0.265 e. The number of allylic oxidation sites excluding steroid dienone is 1. The summed E-state index contributed by atoms with van der Waals surface area (Å²) in [6, 6.07) is 23.5. The first-order valence-electron chi connectivity index (χ1n) is 12.1. The molecule has 0 bridgehead atoms. The summed E-state index contributed by atoms with van der Waals surface area (Å²) in [6.07, 6.45) is 6.22. The number of fused-ring (bicyclic) bond motifs is 1. The van der Waals surface area contributed by atoms with Crippen LogP contribution in [0.15, 0.2) is 89.8 Å². The summed E-state index contributed by atoms with van der Waals surface area (Å²) < 4.78 is 42.7. The Kier molecular flexibility index (Phi) is 5.34. The van der Waals surface area contributed by atoms with Crippen LogP contribution in [0.1, 0.15) is 40.8 Å². The molecule has 7 heteroatoms. The number of aromatic amines is 1. The molecule has 1 atom stereocenters. The van der Waals surface area contributed by atoms with E-state index in [4.69, 9.17) is 0 Å². The van der Waals surface area contributed by atoms with Gasteiger partial charge in [-0.05, 0) is 55.2 Å². The van der Waals surface area contributed by atoms with E-state index in [1.165, 1.54) is 16.4 Å². The molecule has 1 saturated carbocycles. The van der Waals surface area contributed by atoms with Gasteiger partial charge in [-0.25, -0.2) is 17.1 Å². The summed E-state index contributed by atoms with van der Waals surface area (Å²) in [5, 5.41) is 7.69. The minimum Gasteiger partial charge on any atom is -0.280 e. The highest BCUT2D eigenvalue weighted by Gasteiger charge is 2.43. The van der Waals surface area contributed by atoms with Crippen molar-refractivity contribution in [3.63, 3.8) is 0 Å². The topological polar surface area (TPSA) is 66.1 Å². The van der Waals surface area contributed by atoms with Crippen LogP contribution in [0.25, 0.3) is 6.08 Å². The maximum Gasteiger partial charge on any atom is 0.265 e. The van der Waals surface area contributed by atoms with Gasteiger partial charge in [0.25, 0.3) is 10.0 Å². The molecule has 2 aliphatic rings. The number of benzene rings is 3. The van der Waals surface area contributed by atoms with E-state index in [1.807, 2.05) is 55.5 Å². The first kappa shape index (κ1) is 22.7. The van der Waals surface area contributed by atoms with Crippen LogP contribution in [0, 0.1) is 12.7 Å². The summed E-state index contributed by atoms with van der Waals surface area (Å²) in [7, 11) is -3.77. The third kappa shape index (κ3) is 3.75. The Balaban J connectivity index is 1.45. The van der Waals surface area contributed by atoms with Crippen LogP contribution >= 0.6 is 0 Å². The van der Waals surface area contributed by atoms with Gasteiger partial charge in [-0.2, -0.15) is 5.10 Å². The van der Waals surface area contributed by atoms with E-state index in [0.717, 1.165) is 40.8 Å². The average Bonchev–Trinajstić information content (AvgIpc) is 3.64. The second kappa shape index (κ2) is 8.45. The van der Waals surface area contributed by atoms with Crippen molar-refractivity contribution in [3.8, 4) is 0 Å². The zero-order valence-electron chi connectivity index (χ0n) is 19.9. The predicted molar refractivity (Wildman–Crippen MR) is 139 cm³/mol. The minimum atomic E-state index is -3.77. The van der Waals surface area contributed by atoms with Crippen LogP contribution in [-0.4, -0.2) is 24.7 Å². The highest BCUT2D eigenvalue weighted by molar-refractivity contribution is 7.92. The van der Waals surface area contributed by atoms with Crippen molar-refractivity contribution in [1.29, 1.82) is 0 Å². The quantitative estimate of drug-likeness (QED) is 0.366. The Morgan fingerprint density at radius 1 is 0.944 bits per heavy atom. The van der Waals surface area contributed by atoms with E-state index < -0.39 is 15.4 Å². The molecular formula is C29H26FN3O2S. The minimum absolute atomic E-state index is 0.102. The molecule has 1 heterocycles. The Morgan fingerprint density at radius 2 is 1.61 bits per heavy atom. The third-order valence-corrected chi connectivity index (χ3v) is 9.02. The van der Waals surface area contributed by atoms with Crippen molar-refractivity contribution < 1.29 is 12.8 Å². The normalized spacial score (nSPS) is 19.2. The van der Waals surface area contributed by atoms with E-state index in [0.29, 0.717) is 12.2 Å². The molecule has 0 spiro atoms. The summed E-state index contributed by atoms with van der Waals surface area (Å²) in [5.41, 5.74) is 4.13. The van der Waals surface area contributed by atoms with Gasteiger partial charge in [0.05, 0.1) is 4.90 Å². The second-order valence-electron chi connectivity index (χ2n) is 9.64. The van der Waals surface area contributed by atoms with E-state index in [-0.39, 0.29) is 16.8 Å². The molecule has 4 aromatic rings. The Labute approximate surface area is 210 Å². The Bertz CT molecular complexity index is 1540. The zero-order valence-corrected chi connectivity index (χ0v) is 20.7. The number of aryl methyl sites for hydroxylation is 1. The van der Waals surface area contributed by atoms with E-state index in [9.17, 15) is 12.8 Å². The van der Waals surface area contributed by atoms with Crippen LogP contribution in [0.4, 0.5) is 10.2 Å². The van der Waals surface area contributed by atoms with Crippen molar-refractivity contribution in [3.05, 3.63) is 119 Å². The van der Waals surface area contributed by atoms with Crippen LogP contribution in [0.2, 0.25) is 0 Å². The Hall–Kier alpha value is -3.71. The molecule has 0 saturated heterocycles. The molecule has 3 aromatic carbocycles. The lowest BCUT2D eigenvalue weighted by atomic mass is 9.68. The number of nitrogens with one attached hydrogen (secondary N) is 1. The van der Waals surface area contributed by atoms with Gasteiger partial charge < -0.3 is 0 Å². The molecule has 0 amide bonds. The molecule has 182 valence electrons. The number of anilines is 1. The van der Waals surface area contributed by atoms with Gasteiger partial charge in [-0.15, -0.1) is 0 Å². The molecule has 1 aromatic heterocycles. The molecule has 36 heavy (non-hydrogen) atoms. The van der Waals surface area contributed by atoms with Crippen LogP contribution < -0.4 is 4.31 Å². The van der Waals surface area contributed by atoms with Gasteiger partial charge in [0.2, 0.25) is 0 Å². The molecule has 0 aliphatic heterocycles. The van der Waals surface area contributed by atoms with Crippen molar-refractivity contribution in [2.24, 2.45) is 0 Å². The molecule has 1 N–H and O–H groups in total. The van der Waals surface area contributed by atoms with Crippen LogP contribution in [-0.2, 0) is 21.9 Å². The van der Waals surface area contributed by atoms with Gasteiger partial charge in [0, 0.05) is 29.1 Å². The third-order valence-electron chi connectivity index (χ3n) is 7.17. The molecule has 6 rings (SSSR count). The number of rotatable bonds is 6. The maximum atomic E-state index is 13.8. The van der Waals surface area contributed by atoms with E-state index in [1.54, 1.807) is 12.1 Å².